The Labute approximate surface area is 606 Å². The minimum Gasteiger partial charge on any atom is -0.310 e. The van der Waals surface area contributed by atoms with Gasteiger partial charge in [0.15, 0.2) is 0 Å². The van der Waals surface area contributed by atoms with E-state index in [0.29, 0.717) is 11.1 Å². The van der Waals surface area contributed by atoms with Gasteiger partial charge in [-0.2, -0.15) is 0 Å². The van der Waals surface area contributed by atoms with Crippen molar-refractivity contribution in [1.29, 1.82) is 0 Å². The van der Waals surface area contributed by atoms with Gasteiger partial charge in [-0.05, 0) is 235 Å². The molecule has 15 rings (SSSR count). The summed E-state index contributed by atoms with van der Waals surface area (Å²) in [4.78, 5) is 4.23. The molecule has 13 aromatic carbocycles. The Morgan fingerprint density at radius 1 is 0.288 bits per heavy atom. The minimum absolute atomic E-state index is 0.316. The lowest BCUT2D eigenvalue weighted by molar-refractivity contribution is 0.555. The van der Waals surface area contributed by atoms with E-state index in [4.69, 9.17) is 0 Å². The van der Waals surface area contributed by atoms with E-state index in [1.165, 1.54) is 47.5 Å². The van der Waals surface area contributed by atoms with Crippen LogP contribution in [0.1, 0.15) is 132 Å². The molecule has 0 radical (unpaired) electrons. The molecule has 13 aromatic rings. The first kappa shape index (κ1) is 68.3. The maximum absolute atomic E-state index is 16.9. The maximum Gasteiger partial charge on any atom is 0.130 e. The van der Waals surface area contributed by atoms with Gasteiger partial charge in [-0.15, -0.1) is 0 Å². The number of unbranched alkanes of at least 4 members (excludes halogenated alkanes) is 6. The van der Waals surface area contributed by atoms with Gasteiger partial charge in [0.05, 0.1) is 10.8 Å². The summed E-state index contributed by atoms with van der Waals surface area (Å²) in [6.45, 7) is 12.5. The van der Waals surface area contributed by atoms with Crippen molar-refractivity contribution in [2.75, 3.05) is 9.80 Å². The molecular formula is C96H78F6N2. The zero-order chi connectivity index (χ0) is 71.6. The molecule has 0 heterocycles. The molecule has 2 atom stereocenters. The summed E-state index contributed by atoms with van der Waals surface area (Å²) in [7, 11) is 0. The van der Waals surface area contributed by atoms with Crippen molar-refractivity contribution < 1.29 is 26.3 Å². The largest absolute Gasteiger partial charge is 0.310 e. The smallest absolute Gasteiger partial charge is 0.130 e. The predicted molar refractivity (Wildman–Crippen MR) is 417 cm³/mol. The number of halogens is 6. The highest BCUT2D eigenvalue weighted by atomic mass is 19.2. The van der Waals surface area contributed by atoms with Gasteiger partial charge < -0.3 is 9.80 Å². The summed E-state index contributed by atoms with van der Waals surface area (Å²) in [5.74, 6) is -3.40. The molecule has 2 aliphatic rings. The number of rotatable bonds is 24. The molecule has 104 heavy (non-hydrogen) atoms. The van der Waals surface area contributed by atoms with Crippen LogP contribution in [-0.4, -0.2) is 0 Å². The topological polar surface area (TPSA) is 6.48 Å². The molecule has 0 fully saturated rings. The summed E-state index contributed by atoms with van der Waals surface area (Å²) in [6.07, 6.45) is 13.9. The van der Waals surface area contributed by atoms with Crippen LogP contribution in [0.5, 0.6) is 0 Å². The second-order valence-electron chi connectivity index (χ2n) is 27.5. The van der Waals surface area contributed by atoms with Gasteiger partial charge in [0.2, 0.25) is 0 Å². The molecular weight excluding hydrogens is 1300 g/mol. The molecule has 0 saturated carbocycles. The van der Waals surface area contributed by atoms with E-state index in [1.807, 2.05) is 84.9 Å². The Kier molecular flexibility index (Phi) is 19.1. The number of nitrogens with zero attached hydrogens (tertiary/aromatic N) is 2. The van der Waals surface area contributed by atoms with E-state index >= 15 is 26.3 Å². The highest BCUT2D eigenvalue weighted by Gasteiger charge is 2.50. The second kappa shape index (κ2) is 29.1. The number of fused-ring (bicyclic) bond motifs is 6. The van der Waals surface area contributed by atoms with Gasteiger partial charge >= 0.3 is 0 Å². The van der Waals surface area contributed by atoms with Crippen LogP contribution in [0.2, 0.25) is 0 Å². The Morgan fingerprint density at radius 2 is 0.625 bits per heavy atom. The van der Waals surface area contributed by atoms with Crippen LogP contribution in [0.4, 0.5) is 60.5 Å². The fraction of sp³-hybridized carbons (Fsp3) is 0.146. The molecule has 0 aromatic heterocycles. The van der Waals surface area contributed by atoms with Crippen molar-refractivity contribution >= 4 is 46.3 Å². The fourth-order valence-electron chi connectivity index (χ4n) is 16.4. The third-order valence-electron chi connectivity index (χ3n) is 21.4. The predicted octanol–water partition coefficient (Wildman–Crippen LogP) is 27.1. The van der Waals surface area contributed by atoms with Crippen LogP contribution < -0.4 is 9.80 Å². The molecule has 8 heteroatoms. The first-order valence-corrected chi connectivity index (χ1v) is 36.2. The Balaban J connectivity index is 0.840. The molecule has 0 bridgehead atoms. The highest BCUT2D eigenvalue weighted by molar-refractivity contribution is 5.92. The van der Waals surface area contributed by atoms with E-state index in [2.05, 4.69) is 146 Å². The SMILES string of the molecule is C=Cc1ccc(C2(c3ccc(F)cc3F)c3ccccc3-c3ccc(N(c4ccc(F)cc4)c4ccc(-c5cc(CCCCCC)c(-c6ccc(N(c7ccc(F)cc7)c7ccc8c(c7)C(c7ccc(C=C)cc7)(c7ccc(F)cc7F)c7ccccc7-8)cc6)cc5CCCCCC)cc4)cc32)cc1. The van der Waals surface area contributed by atoms with Crippen molar-refractivity contribution in [3.63, 3.8) is 0 Å². The molecule has 2 unspecified atom stereocenters. The molecule has 0 saturated heterocycles. The number of aryl methyl sites for hydroxylation is 2. The molecule has 0 amide bonds. The van der Waals surface area contributed by atoms with Crippen molar-refractivity contribution in [1.82, 2.24) is 0 Å². The molecule has 0 N–H and O–H groups in total. The van der Waals surface area contributed by atoms with Gasteiger partial charge in [0.25, 0.3) is 0 Å². The van der Waals surface area contributed by atoms with E-state index in [0.717, 1.165) is 199 Å². The number of hydrogen-bond donors (Lipinski definition) is 0. The van der Waals surface area contributed by atoms with Gasteiger partial charge in [-0.3, -0.25) is 0 Å². The van der Waals surface area contributed by atoms with Crippen molar-refractivity contribution in [3.05, 3.63) is 394 Å². The van der Waals surface area contributed by atoms with Gasteiger partial charge in [0.1, 0.15) is 34.9 Å². The van der Waals surface area contributed by atoms with Crippen LogP contribution in [-0.2, 0) is 23.7 Å². The maximum atomic E-state index is 16.9. The lowest BCUT2D eigenvalue weighted by Crippen LogP contribution is -2.30. The van der Waals surface area contributed by atoms with E-state index in [9.17, 15) is 0 Å². The molecule has 514 valence electrons. The molecule has 2 aliphatic carbocycles. The summed E-state index contributed by atoms with van der Waals surface area (Å²) in [6, 6.07) is 87.3. The lowest BCUT2D eigenvalue weighted by Gasteiger charge is -2.35. The molecule has 0 spiro atoms. The van der Waals surface area contributed by atoms with Crippen molar-refractivity contribution in [3.8, 4) is 44.5 Å². The Bertz CT molecular complexity index is 5000. The van der Waals surface area contributed by atoms with Gasteiger partial charge in [-0.1, -0.05) is 235 Å². The van der Waals surface area contributed by atoms with E-state index in [1.54, 1.807) is 48.6 Å². The van der Waals surface area contributed by atoms with Crippen molar-refractivity contribution in [2.24, 2.45) is 0 Å². The zero-order valence-corrected chi connectivity index (χ0v) is 58.4. The minimum atomic E-state index is -1.21. The monoisotopic (exact) mass is 1370 g/mol. The third kappa shape index (κ3) is 12.3. The average molecular weight is 1370 g/mol. The average Bonchev–Trinajstić information content (AvgIpc) is 1.53. The van der Waals surface area contributed by atoms with Crippen molar-refractivity contribution in [2.45, 2.75) is 88.9 Å². The van der Waals surface area contributed by atoms with Crippen LogP contribution in [0, 0.1) is 34.9 Å². The first-order chi connectivity index (χ1) is 50.8. The first-order valence-electron chi connectivity index (χ1n) is 36.2. The van der Waals surface area contributed by atoms with Gasteiger partial charge in [-0.25, -0.2) is 26.3 Å². The van der Waals surface area contributed by atoms with E-state index < -0.39 is 34.1 Å². The van der Waals surface area contributed by atoms with Gasteiger partial charge in [0, 0.05) is 57.4 Å². The normalized spacial score (nSPS) is 14.7. The fourth-order valence-corrected chi connectivity index (χ4v) is 16.4. The second-order valence-corrected chi connectivity index (χ2v) is 27.5. The number of benzene rings is 13. The summed E-state index contributed by atoms with van der Waals surface area (Å²) >= 11 is 0. The lowest BCUT2D eigenvalue weighted by atomic mass is 9.67. The summed E-state index contributed by atoms with van der Waals surface area (Å²) < 4.78 is 94.1. The van der Waals surface area contributed by atoms with E-state index in [-0.39, 0.29) is 11.6 Å². The number of anilines is 6. The summed E-state index contributed by atoms with van der Waals surface area (Å²) in [5.41, 5.74) is 20.2. The van der Waals surface area contributed by atoms with Crippen LogP contribution in [0.25, 0.3) is 56.7 Å². The zero-order valence-electron chi connectivity index (χ0n) is 58.4. The quantitative estimate of drug-likeness (QED) is 0.0439. The summed E-state index contributed by atoms with van der Waals surface area (Å²) in [5, 5.41) is 0. The number of hydrogen-bond acceptors (Lipinski definition) is 2. The molecule has 0 aliphatic heterocycles. The standard InChI is InChI=1S/C96H78F6N2/c1-5-9-11-13-19-67-57-86(66-31-45-76(46-32-66)104(78-49-39-72(98)40-50-78)80-52-54-84-82-22-16-18-24-88(82)96(92(84)62-80,70-35-27-64(8-4)28-36-70)90-56-42-74(100)60-94(90)102)68(20-14-12-10-6-2)58-85(67)65-29-43-75(44-30-65)103(77-47-37-71(97)38-48-77)79-51-53-83-81-21-15-17-23-87(81)95(91(83)61-79,69-33-25-63(7-3)26-34-69)89-55-41-73(99)59-93(89)101/h7-8,15-18,21-62H,3-6,9-14,19-20H2,1-2H3. The van der Waals surface area contributed by atoms with Crippen LogP contribution in [0.3, 0.4) is 0 Å². The third-order valence-corrected chi connectivity index (χ3v) is 21.4. The Morgan fingerprint density at radius 3 is 0.981 bits per heavy atom. The Hall–Kier alpha value is -11.5. The highest BCUT2D eigenvalue weighted by Crippen LogP contribution is 2.60. The molecule has 2 nitrogen and oxygen atoms in total. The van der Waals surface area contributed by atoms with Crippen LogP contribution in [0.15, 0.2) is 292 Å². The van der Waals surface area contributed by atoms with Crippen LogP contribution >= 0.6 is 0 Å².